The van der Waals surface area contributed by atoms with Crippen LogP contribution in [0.3, 0.4) is 0 Å². The minimum absolute atomic E-state index is 0.222. The van der Waals surface area contributed by atoms with Crippen LogP contribution in [0, 0.1) is 12.3 Å². The maximum Gasteiger partial charge on any atom is 0.225 e. The van der Waals surface area contributed by atoms with E-state index in [4.69, 9.17) is 11.5 Å². The van der Waals surface area contributed by atoms with Crippen LogP contribution in [0.5, 0.6) is 0 Å². The van der Waals surface area contributed by atoms with Crippen molar-refractivity contribution >= 4 is 17.3 Å². The third kappa shape index (κ3) is 2.20. The molecule has 1 aromatic carbocycles. The van der Waals surface area contributed by atoms with Crippen molar-refractivity contribution in [3.05, 3.63) is 23.8 Å². The largest absolute Gasteiger partial charge is 0.399 e. The molecule has 0 radical (unpaired) electrons. The molecule has 1 amide bonds. The van der Waals surface area contributed by atoms with Crippen molar-refractivity contribution in [2.45, 2.75) is 20.3 Å². The molecule has 92 valence electrons. The van der Waals surface area contributed by atoms with Crippen LogP contribution in [0.15, 0.2) is 18.2 Å². The Bertz CT molecular complexity index is 438. The summed E-state index contributed by atoms with van der Waals surface area (Å²) >= 11 is 0. The van der Waals surface area contributed by atoms with E-state index in [1.807, 2.05) is 26.0 Å². The van der Waals surface area contributed by atoms with E-state index in [2.05, 4.69) is 11.0 Å². The molecule has 1 aromatic rings. The van der Waals surface area contributed by atoms with Crippen LogP contribution in [0.25, 0.3) is 0 Å². The van der Waals surface area contributed by atoms with Gasteiger partial charge in [0.1, 0.15) is 0 Å². The zero-order valence-electron chi connectivity index (χ0n) is 10.4. The van der Waals surface area contributed by atoms with Crippen LogP contribution in [0.4, 0.5) is 11.4 Å². The Kier molecular flexibility index (Phi) is 2.73. The zero-order chi connectivity index (χ0) is 12.6. The lowest BCUT2D eigenvalue weighted by Crippen LogP contribution is -2.37. The molecule has 1 fully saturated rings. The van der Waals surface area contributed by atoms with E-state index in [9.17, 15) is 4.79 Å². The van der Waals surface area contributed by atoms with Crippen LogP contribution in [0.1, 0.15) is 18.9 Å². The molecular weight excluding hydrogens is 214 g/mol. The Morgan fingerprint density at radius 2 is 2.12 bits per heavy atom. The highest BCUT2D eigenvalue weighted by Crippen LogP contribution is 2.33. The molecular formula is C13H19N3O. The number of anilines is 2. The molecule has 0 aliphatic carbocycles. The predicted molar refractivity (Wildman–Crippen MR) is 69.7 cm³/mol. The molecule has 0 aromatic heterocycles. The van der Waals surface area contributed by atoms with Gasteiger partial charge in [0.25, 0.3) is 0 Å². The van der Waals surface area contributed by atoms with Crippen molar-refractivity contribution in [2.24, 2.45) is 11.1 Å². The lowest BCUT2D eigenvalue weighted by atomic mass is 9.89. The van der Waals surface area contributed by atoms with Gasteiger partial charge in [-0.05, 0) is 44.0 Å². The molecule has 1 aliphatic heterocycles. The van der Waals surface area contributed by atoms with Gasteiger partial charge in [0, 0.05) is 24.5 Å². The summed E-state index contributed by atoms with van der Waals surface area (Å²) in [5.41, 5.74) is 13.8. The summed E-state index contributed by atoms with van der Waals surface area (Å²) in [6.07, 6.45) is 0.802. The maximum absolute atomic E-state index is 11.4. The van der Waals surface area contributed by atoms with Crippen LogP contribution >= 0.6 is 0 Å². The smallest absolute Gasteiger partial charge is 0.225 e. The second-order valence-electron chi connectivity index (χ2n) is 5.20. The van der Waals surface area contributed by atoms with Crippen molar-refractivity contribution in [2.75, 3.05) is 23.7 Å². The zero-order valence-corrected chi connectivity index (χ0v) is 10.4. The third-order valence-electron chi connectivity index (χ3n) is 3.52. The first-order valence-corrected chi connectivity index (χ1v) is 5.83. The molecule has 4 N–H and O–H groups in total. The van der Waals surface area contributed by atoms with Gasteiger partial charge in [0.05, 0.1) is 5.41 Å². The van der Waals surface area contributed by atoms with Gasteiger partial charge in [-0.15, -0.1) is 0 Å². The number of amides is 1. The van der Waals surface area contributed by atoms with Gasteiger partial charge in [-0.3, -0.25) is 4.79 Å². The molecule has 17 heavy (non-hydrogen) atoms. The Hall–Kier alpha value is -1.71. The van der Waals surface area contributed by atoms with Crippen LogP contribution in [-0.4, -0.2) is 19.0 Å². The first-order valence-electron chi connectivity index (χ1n) is 5.83. The monoisotopic (exact) mass is 233 g/mol. The first-order chi connectivity index (χ1) is 7.90. The molecule has 0 saturated carbocycles. The number of rotatable bonds is 2. The Balaban J connectivity index is 2.23. The summed E-state index contributed by atoms with van der Waals surface area (Å²) in [5, 5.41) is 0. The van der Waals surface area contributed by atoms with E-state index in [1.165, 1.54) is 0 Å². The average molecular weight is 233 g/mol. The average Bonchev–Trinajstić information content (AvgIpc) is 2.61. The molecule has 0 spiro atoms. The summed E-state index contributed by atoms with van der Waals surface area (Å²) < 4.78 is 0. The second kappa shape index (κ2) is 3.95. The van der Waals surface area contributed by atoms with Crippen molar-refractivity contribution < 1.29 is 4.79 Å². The van der Waals surface area contributed by atoms with Gasteiger partial charge < -0.3 is 16.4 Å². The van der Waals surface area contributed by atoms with Crippen molar-refractivity contribution in [3.8, 4) is 0 Å². The summed E-state index contributed by atoms with van der Waals surface area (Å²) in [4.78, 5) is 13.6. The fraction of sp³-hybridized carbons (Fsp3) is 0.462. The fourth-order valence-electron chi connectivity index (χ4n) is 2.36. The third-order valence-corrected chi connectivity index (χ3v) is 3.52. The number of primary amides is 1. The Labute approximate surface area is 102 Å². The molecule has 1 atom stereocenters. The van der Waals surface area contributed by atoms with Crippen molar-refractivity contribution in [3.63, 3.8) is 0 Å². The number of benzene rings is 1. The quantitative estimate of drug-likeness (QED) is 0.756. The van der Waals surface area contributed by atoms with E-state index >= 15 is 0 Å². The standard InChI is InChI=1S/C13H19N3O/c1-9-5-10(14)7-11(6-9)16-4-3-13(2,8-16)12(15)17/h5-7H,3-4,8,14H2,1-2H3,(H2,15,17). The maximum atomic E-state index is 11.4. The molecule has 1 saturated heterocycles. The van der Waals surface area contributed by atoms with Gasteiger partial charge in [0.2, 0.25) is 5.91 Å². The van der Waals surface area contributed by atoms with Crippen LogP contribution in [0.2, 0.25) is 0 Å². The number of nitrogens with zero attached hydrogens (tertiary/aromatic N) is 1. The first kappa shape index (κ1) is 11.8. The SMILES string of the molecule is Cc1cc(N)cc(N2CCC(C)(C(N)=O)C2)c1. The van der Waals surface area contributed by atoms with E-state index in [1.54, 1.807) is 0 Å². The lowest BCUT2D eigenvalue weighted by Gasteiger charge is -2.23. The summed E-state index contributed by atoms with van der Waals surface area (Å²) in [5.74, 6) is -0.222. The number of nitrogens with two attached hydrogens (primary N) is 2. The molecule has 1 heterocycles. The molecule has 2 rings (SSSR count). The van der Waals surface area contributed by atoms with Gasteiger partial charge >= 0.3 is 0 Å². The molecule has 0 bridgehead atoms. The highest BCUT2D eigenvalue weighted by Gasteiger charge is 2.38. The number of nitrogen functional groups attached to an aromatic ring is 1. The van der Waals surface area contributed by atoms with Gasteiger partial charge in [-0.1, -0.05) is 0 Å². The Morgan fingerprint density at radius 3 is 2.65 bits per heavy atom. The molecule has 1 aliphatic rings. The lowest BCUT2D eigenvalue weighted by molar-refractivity contribution is -0.125. The summed E-state index contributed by atoms with van der Waals surface area (Å²) in [7, 11) is 0. The minimum Gasteiger partial charge on any atom is -0.399 e. The number of carbonyl (C=O) groups is 1. The molecule has 4 heteroatoms. The molecule has 4 nitrogen and oxygen atoms in total. The number of hydrogen-bond acceptors (Lipinski definition) is 3. The van der Waals surface area contributed by atoms with Gasteiger partial charge in [-0.25, -0.2) is 0 Å². The summed E-state index contributed by atoms with van der Waals surface area (Å²) in [6, 6.07) is 5.97. The topological polar surface area (TPSA) is 72.3 Å². The van der Waals surface area contributed by atoms with Gasteiger partial charge in [-0.2, -0.15) is 0 Å². The van der Waals surface area contributed by atoms with Crippen LogP contribution in [-0.2, 0) is 4.79 Å². The van der Waals surface area contributed by atoms with E-state index < -0.39 is 5.41 Å². The van der Waals surface area contributed by atoms with E-state index in [-0.39, 0.29) is 5.91 Å². The fourth-order valence-corrected chi connectivity index (χ4v) is 2.36. The molecule has 1 unspecified atom stereocenters. The number of aryl methyl sites for hydroxylation is 1. The van der Waals surface area contributed by atoms with Gasteiger partial charge in [0.15, 0.2) is 0 Å². The predicted octanol–water partition coefficient (Wildman–Crippen LogP) is 1.28. The highest BCUT2D eigenvalue weighted by molar-refractivity contribution is 5.82. The van der Waals surface area contributed by atoms with Crippen LogP contribution < -0.4 is 16.4 Å². The Morgan fingerprint density at radius 1 is 1.41 bits per heavy atom. The highest BCUT2D eigenvalue weighted by atomic mass is 16.1. The number of carbonyl (C=O) groups excluding carboxylic acids is 1. The van der Waals surface area contributed by atoms with E-state index in [0.717, 1.165) is 29.9 Å². The normalized spacial score (nSPS) is 24.0. The van der Waals surface area contributed by atoms with Crippen molar-refractivity contribution in [1.82, 2.24) is 0 Å². The van der Waals surface area contributed by atoms with Crippen molar-refractivity contribution in [1.29, 1.82) is 0 Å². The number of hydrogen-bond donors (Lipinski definition) is 2. The summed E-state index contributed by atoms with van der Waals surface area (Å²) in [6.45, 7) is 5.46. The second-order valence-corrected chi connectivity index (χ2v) is 5.20. The van der Waals surface area contributed by atoms with E-state index in [0.29, 0.717) is 6.54 Å². The minimum atomic E-state index is -0.418.